The van der Waals surface area contributed by atoms with Crippen molar-refractivity contribution in [3.63, 3.8) is 0 Å². The number of hydrogen-bond acceptors (Lipinski definition) is 6. The third kappa shape index (κ3) is 3.94. The third-order valence-corrected chi connectivity index (χ3v) is 5.10. The van der Waals surface area contributed by atoms with Crippen molar-refractivity contribution in [2.24, 2.45) is 0 Å². The highest BCUT2D eigenvalue weighted by atomic mass is 32.1. The fraction of sp³-hybridized carbons (Fsp3) is 0.625. The first kappa shape index (κ1) is 15.6. The first-order valence-corrected chi connectivity index (χ1v) is 8.78. The van der Waals surface area contributed by atoms with E-state index < -0.39 is 6.10 Å². The molecule has 1 N–H and O–H groups in total. The van der Waals surface area contributed by atoms with Gasteiger partial charge in [-0.05, 0) is 44.9 Å². The first-order chi connectivity index (χ1) is 10.7. The molecular formula is C16H23N3O2S. The van der Waals surface area contributed by atoms with E-state index in [2.05, 4.69) is 15.1 Å². The van der Waals surface area contributed by atoms with Crippen LogP contribution in [0.5, 0.6) is 0 Å². The van der Waals surface area contributed by atoms with Crippen LogP contribution < -0.4 is 0 Å². The van der Waals surface area contributed by atoms with Crippen LogP contribution in [0.25, 0.3) is 0 Å². The topological polar surface area (TPSA) is 62.4 Å². The number of rotatable bonds is 5. The summed E-state index contributed by atoms with van der Waals surface area (Å²) in [5.74, 6) is 0.663. The molecule has 0 bridgehead atoms. The van der Waals surface area contributed by atoms with Crippen LogP contribution in [0.4, 0.5) is 0 Å². The molecule has 2 atom stereocenters. The Labute approximate surface area is 135 Å². The van der Waals surface area contributed by atoms with Crippen molar-refractivity contribution in [2.75, 3.05) is 6.54 Å². The Balaban J connectivity index is 1.67. The van der Waals surface area contributed by atoms with E-state index in [0.717, 1.165) is 29.5 Å². The summed E-state index contributed by atoms with van der Waals surface area (Å²) >= 11 is 1.66. The fourth-order valence-corrected chi connectivity index (χ4v) is 3.88. The summed E-state index contributed by atoms with van der Waals surface area (Å²) in [6.45, 7) is 3.89. The molecular weight excluding hydrogens is 298 g/mol. The average molecular weight is 321 g/mol. The van der Waals surface area contributed by atoms with Gasteiger partial charge >= 0.3 is 0 Å². The van der Waals surface area contributed by atoms with E-state index in [9.17, 15) is 5.11 Å². The zero-order valence-electron chi connectivity index (χ0n) is 12.9. The minimum absolute atomic E-state index is 0.367. The third-order valence-electron chi connectivity index (χ3n) is 4.27. The molecule has 0 radical (unpaired) electrons. The molecule has 0 aromatic carbocycles. The van der Waals surface area contributed by atoms with Crippen LogP contribution in [-0.2, 0) is 6.54 Å². The van der Waals surface area contributed by atoms with Crippen molar-refractivity contribution in [3.8, 4) is 0 Å². The van der Waals surface area contributed by atoms with Gasteiger partial charge in [-0.25, -0.2) is 0 Å². The molecule has 5 nitrogen and oxygen atoms in total. The number of aromatic nitrogens is 2. The van der Waals surface area contributed by atoms with Crippen LogP contribution in [0.2, 0.25) is 0 Å². The summed E-state index contributed by atoms with van der Waals surface area (Å²) in [5, 5.41) is 20.8. The van der Waals surface area contributed by atoms with E-state index in [-0.39, 0.29) is 0 Å². The number of aliphatic hydroxyl groups is 1. The summed E-state index contributed by atoms with van der Waals surface area (Å²) in [6.07, 6.45) is 6.62. The Morgan fingerprint density at radius 3 is 3.05 bits per heavy atom. The van der Waals surface area contributed by atoms with Gasteiger partial charge in [0.05, 0.1) is 12.8 Å². The molecule has 6 heteroatoms. The Kier molecular flexibility index (Phi) is 5.23. The molecule has 0 aliphatic carbocycles. The standard InChI is InChI=1S/C16H23N3O2S/c1-12-17-18-16(22-12)11-19-8-4-2-3-6-13(19)10-14(20)15-7-5-9-21-15/h5,7,9,13-14,20H,2-4,6,8,10-11H2,1H3. The number of aliphatic hydroxyl groups excluding tert-OH is 1. The quantitative estimate of drug-likeness (QED) is 0.915. The molecule has 0 saturated carbocycles. The largest absolute Gasteiger partial charge is 0.467 e. The van der Waals surface area contributed by atoms with Crippen molar-refractivity contribution in [3.05, 3.63) is 34.2 Å². The van der Waals surface area contributed by atoms with E-state index >= 15 is 0 Å². The van der Waals surface area contributed by atoms with E-state index in [0.29, 0.717) is 18.2 Å². The Hall–Kier alpha value is -1.24. The van der Waals surface area contributed by atoms with Gasteiger partial charge < -0.3 is 9.52 Å². The van der Waals surface area contributed by atoms with Crippen LogP contribution in [0.3, 0.4) is 0 Å². The van der Waals surface area contributed by atoms with E-state index in [1.165, 1.54) is 19.3 Å². The van der Waals surface area contributed by atoms with Gasteiger partial charge in [-0.1, -0.05) is 12.8 Å². The Morgan fingerprint density at radius 2 is 2.32 bits per heavy atom. The number of hydrogen-bond donors (Lipinski definition) is 1. The molecule has 3 rings (SSSR count). The molecule has 2 aromatic heterocycles. The van der Waals surface area contributed by atoms with Gasteiger partial charge in [-0.3, -0.25) is 4.90 Å². The highest BCUT2D eigenvalue weighted by Gasteiger charge is 2.26. The van der Waals surface area contributed by atoms with Crippen LogP contribution in [0, 0.1) is 6.92 Å². The molecule has 1 saturated heterocycles. The molecule has 2 aromatic rings. The zero-order valence-corrected chi connectivity index (χ0v) is 13.8. The van der Waals surface area contributed by atoms with E-state index in [1.54, 1.807) is 17.6 Å². The summed E-state index contributed by atoms with van der Waals surface area (Å²) < 4.78 is 5.34. The molecule has 1 aliphatic heterocycles. The number of furan rings is 1. The summed E-state index contributed by atoms with van der Waals surface area (Å²) in [6, 6.07) is 4.04. The molecule has 0 amide bonds. The normalized spacial score (nSPS) is 21.6. The smallest absolute Gasteiger partial charge is 0.132 e. The van der Waals surface area contributed by atoms with Gasteiger partial charge in [0.1, 0.15) is 21.9 Å². The van der Waals surface area contributed by atoms with Crippen LogP contribution in [0.1, 0.15) is 54.0 Å². The second-order valence-corrected chi connectivity index (χ2v) is 7.22. The monoisotopic (exact) mass is 321 g/mol. The number of nitrogens with zero attached hydrogens (tertiary/aromatic N) is 3. The van der Waals surface area contributed by atoms with Crippen molar-refractivity contribution < 1.29 is 9.52 Å². The highest BCUT2D eigenvalue weighted by Crippen LogP contribution is 2.28. The molecule has 1 fully saturated rings. The van der Waals surface area contributed by atoms with Gasteiger partial charge in [-0.2, -0.15) is 0 Å². The maximum atomic E-state index is 10.4. The minimum Gasteiger partial charge on any atom is -0.467 e. The van der Waals surface area contributed by atoms with Gasteiger partial charge in [0.2, 0.25) is 0 Å². The molecule has 1 aliphatic rings. The van der Waals surface area contributed by atoms with Crippen LogP contribution in [0.15, 0.2) is 22.8 Å². The second-order valence-electron chi connectivity index (χ2n) is 5.96. The van der Waals surface area contributed by atoms with Gasteiger partial charge in [0.25, 0.3) is 0 Å². The first-order valence-electron chi connectivity index (χ1n) is 7.97. The predicted molar refractivity (Wildman–Crippen MR) is 85.6 cm³/mol. The molecule has 22 heavy (non-hydrogen) atoms. The second kappa shape index (κ2) is 7.35. The van der Waals surface area contributed by atoms with Crippen LogP contribution in [-0.4, -0.2) is 32.8 Å². The van der Waals surface area contributed by atoms with E-state index in [4.69, 9.17) is 4.42 Å². The Morgan fingerprint density at radius 1 is 1.41 bits per heavy atom. The average Bonchev–Trinajstić information content (AvgIpc) is 3.12. The molecule has 120 valence electrons. The predicted octanol–water partition coefficient (Wildman–Crippen LogP) is 3.31. The zero-order chi connectivity index (χ0) is 15.4. The number of likely N-dealkylation sites (tertiary alicyclic amines) is 1. The Bertz CT molecular complexity index is 570. The molecule has 2 unspecified atom stereocenters. The van der Waals surface area contributed by atoms with Gasteiger partial charge in [-0.15, -0.1) is 21.5 Å². The minimum atomic E-state index is -0.531. The maximum absolute atomic E-state index is 10.4. The van der Waals surface area contributed by atoms with Gasteiger partial charge in [0, 0.05) is 6.04 Å². The maximum Gasteiger partial charge on any atom is 0.132 e. The molecule has 0 spiro atoms. The summed E-state index contributed by atoms with van der Waals surface area (Å²) in [4.78, 5) is 2.46. The number of aryl methyl sites for hydroxylation is 1. The van der Waals surface area contributed by atoms with Crippen molar-refractivity contribution in [1.29, 1.82) is 0 Å². The van der Waals surface area contributed by atoms with Crippen molar-refractivity contribution >= 4 is 11.3 Å². The van der Waals surface area contributed by atoms with Crippen LogP contribution >= 0.6 is 11.3 Å². The van der Waals surface area contributed by atoms with E-state index in [1.807, 2.05) is 19.1 Å². The highest BCUT2D eigenvalue weighted by molar-refractivity contribution is 7.11. The SMILES string of the molecule is Cc1nnc(CN2CCCCCC2CC(O)c2ccco2)s1. The van der Waals surface area contributed by atoms with Crippen molar-refractivity contribution in [2.45, 2.75) is 57.7 Å². The molecule has 3 heterocycles. The lowest BCUT2D eigenvalue weighted by Crippen LogP contribution is -2.35. The van der Waals surface area contributed by atoms with Crippen molar-refractivity contribution in [1.82, 2.24) is 15.1 Å². The van der Waals surface area contributed by atoms with Gasteiger partial charge in [0.15, 0.2) is 0 Å². The lowest BCUT2D eigenvalue weighted by molar-refractivity contribution is 0.0829. The summed E-state index contributed by atoms with van der Waals surface area (Å²) in [7, 11) is 0. The fourth-order valence-electron chi connectivity index (χ4n) is 3.14. The lowest BCUT2D eigenvalue weighted by atomic mass is 10.0. The lowest BCUT2D eigenvalue weighted by Gasteiger charge is -2.30. The summed E-state index contributed by atoms with van der Waals surface area (Å²) in [5.41, 5.74) is 0.